The zero-order valence-corrected chi connectivity index (χ0v) is 67.0. The molecule has 100 heavy (non-hydrogen) atoms. The van der Waals surface area contributed by atoms with Crippen molar-refractivity contribution in [2.75, 3.05) is 39.6 Å². The molecule has 2 unspecified atom stereocenters. The number of rotatable bonds is 82. The van der Waals surface area contributed by atoms with Gasteiger partial charge in [-0.3, -0.25) is 37.3 Å². The van der Waals surface area contributed by atoms with Gasteiger partial charge in [-0.25, -0.2) is 9.13 Å². The molecular formula is C81H158O17P2. The Morgan fingerprint density at radius 3 is 0.590 bits per heavy atom. The van der Waals surface area contributed by atoms with E-state index in [1.807, 2.05) is 0 Å². The molecule has 17 nitrogen and oxygen atoms in total. The number of esters is 4. The second-order valence-corrected chi connectivity index (χ2v) is 32.1. The summed E-state index contributed by atoms with van der Waals surface area (Å²) < 4.78 is 68.4. The van der Waals surface area contributed by atoms with Gasteiger partial charge < -0.3 is 33.8 Å². The van der Waals surface area contributed by atoms with Crippen molar-refractivity contribution in [2.24, 2.45) is 0 Å². The van der Waals surface area contributed by atoms with Crippen LogP contribution in [0.3, 0.4) is 0 Å². The molecule has 0 bridgehead atoms. The van der Waals surface area contributed by atoms with E-state index in [2.05, 4.69) is 27.7 Å². The Labute approximate surface area is 613 Å². The van der Waals surface area contributed by atoms with Gasteiger partial charge in [-0.1, -0.05) is 387 Å². The highest BCUT2D eigenvalue weighted by Crippen LogP contribution is 2.45. The standard InChI is InChI=1S/C81H158O17P2/c1-5-9-13-17-20-23-26-29-31-33-35-37-39-41-43-46-48-51-54-58-62-66-79(84)92-72-77(98-81(86)68-64-60-56-53-50-47-44-42-40-38-36-34-32-30-27-24-21-18-14-10-6-2)74-96-100(89,90)94-70-75(82)69-93-99(87,88)95-73-76(71-91-78(83)65-61-57-16-12-8-4)97-80(85)67-63-59-55-52-49-45-28-25-22-19-15-11-7-3/h75-77,82H,5-74H2,1-4H3,(H,87,88)(H,89,90)/t75-,76+,77+/m0/s1. The van der Waals surface area contributed by atoms with E-state index in [0.29, 0.717) is 25.7 Å². The number of carbonyl (C=O) groups is 4. The monoisotopic (exact) mass is 1470 g/mol. The Kier molecular flexibility index (Phi) is 73.8. The topological polar surface area (TPSA) is 237 Å². The molecule has 594 valence electrons. The van der Waals surface area contributed by atoms with Crippen molar-refractivity contribution in [3.05, 3.63) is 0 Å². The van der Waals surface area contributed by atoms with Gasteiger partial charge in [0.15, 0.2) is 12.2 Å². The Hall–Kier alpha value is -1.94. The molecule has 0 aromatic rings. The number of unbranched alkanes of at least 4 members (excludes halogenated alkanes) is 56. The van der Waals surface area contributed by atoms with Gasteiger partial charge in [-0.15, -0.1) is 0 Å². The fourth-order valence-corrected chi connectivity index (χ4v) is 14.2. The van der Waals surface area contributed by atoms with Crippen molar-refractivity contribution in [2.45, 2.75) is 457 Å². The van der Waals surface area contributed by atoms with Crippen LogP contribution in [0, 0.1) is 0 Å². The average Bonchev–Trinajstić information content (AvgIpc) is 0.922. The minimum Gasteiger partial charge on any atom is -0.462 e. The van der Waals surface area contributed by atoms with Crippen LogP contribution in [0.1, 0.15) is 439 Å². The maximum absolute atomic E-state index is 13.1. The predicted octanol–water partition coefficient (Wildman–Crippen LogP) is 24.6. The first-order valence-electron chi connectivity index (χ1n) is 42.3. The normalized spacial score (nSPS) is 13.8. The first-order valence-corrected chi connectivity index (χ1v) is 45.3. The summed E-state index contributed by atoms with van der Waals surface area (Å²) in [5.74, 6) is -2.12. The zero-order valence-electron chi connectivity index (χ0n) is 65.2. The molecule has 19 heteroatoms. The highest BCUT2D eigenvalue weighted by Gasteiger charge is 2.30. The Balaban J connectivity index is 5.10. The maximum Gasteiger partial charge on any atom is 0.472 e. The van der Waals surface area contributed by atoms with Gasteiger partial charge in [0.05, 0.1) is 26.4 Å². The van der Waals surface area contributed by atoms with Crippen LogP contribution in [0.15, 0.2) is 0 Å². The lowest BCUT2D eigenvalue weighted by molar-refractivity contribution is -0.161. The van der Waals surface area contributed by atoms with Crippen LogP contribution in [0.4, 0.5) is 0 Å². The van der Waals surface area contributed by atoms with Crippen molar-refractivity contribution in [3.63, 3.8) is 0 Å². The lowest BCUT2D eigenvalue weighted by atomic mass is 10.0. The number of phosphoric acid groups is 2. The second-order valence-electron chi connectivity index (χ2n) is 29.2. The molecule has 0 aromatic carbocycles. The number of hydrogen-bond donors (Lipinski definition) is 3. The summed E-state index contributed by atoms with van der Waals surface area (Å²) in [6.45, 7) is 4.93. The summed E-state index contributed by atoms with van der Waals surface area (Å²) in [5, 5.41) is 10.6. The van der Waals surface area contributed by atoms with Crippen LogP contribution in [0.2, 0.25) is 0 Å². The van der Waals surface area contributed by atoms with E-state index < -0.39 is 97.5 Å². The first kappa shape index (κ1) is 98.1. The van der Waals surface area contributed by atoms with E-state index >= 15 is 0 Å². The fourth-order valence-electron chi connectivity index (χ4n) is 12.6. The third-order valence-corrected chi connectivity index (χ3v) is 21.0. The highest BCUT2D eigenvalue weighted by atomic mass is 31.2. The molecule has 0 radical (unpaired) electrons. The molecule has 0 aromatic heterocycles. The lowest BCUT2D eigenvalue weighted by Crippen LogP contribution is -2.30. The van der Waals surface area contributed by atoms with E-state index in [9.17, 15) is 43.2 Å². The van der Waals surface area contributed by atoms with Crippen molar-refractivity contribution >= 4 is 39.5 Å². The van der Waals surface area contributed by atoms with Crippen LogP contribution in [-0.2, 0) is 65.4 Å². The molecule has 0 saturated carbocycles. The van der Waals surface area contributed by atoms with E-state index in [1.54, 1.807) is 0 Å². The third-order valence-electron chi connectivity index (χ3n) is 19.1. The minimum atomic E-state index is -4.96. The molecule has 3 N–H and O–H groups in total. The van der Waals surface area contributed by atoms with Crippen molar-refractivity contribution in [1.82, 2.24) is 0 Å². The molecule has 0 aliphatic heterocycles. The van der Waals surface area contributed by atoms with E-state index in [0.717, 1.165) is 96.3 Å². The smallest absolute Gasteiger partial charge is 0.462 e. The Morgan fingerprint density at radius 2 is 0.400 bits per heavy atom. The molecule has 0 heterocycles. The molecular weight excluding hydrogens is 1310 g/mol. The molecule has 0 spiro atoms. The molecule has 0 aliphatic carbocycles. The van der Waals surface area contributed by atoms with Crippen molar-refractivity contribution in [1.29, 1.82) is 0 Å². The van der Waals surface area contributed by atoms with Crippen LogP contribution >= 0.6 is 15.6 Å². The molecule has 0 aliphatic rings. The molecule has 5 atom stereocenters. The largest absolute Gasteiger partial charge is 0.472 e. The van der Waals surface area contributed by atoms with Gasteiger partial charge in [-0.2, -0.15) is 0 Å². The van der Waals surface area contributed by atoms with Crippen LogP contribution in [0.5, 0.6) is 0 Å². The lowest BCUT2D eigenvalue weighted by Gasteiger charge is -2.21. The number of aliphatic hydroxyl groups is 1. The summed E-state index contributed by atoms with van der Waals surface area (Å²) in [7, 11) is -9.90. The van der Waals surface area contributed by atoms with Crippen LogP contribution < -0.4 is 0 Å². The summed E-state index contributed by atoms with van der Waals surface area (Å²) >= 11 is 0. The number of phosphoric ester groups is 2. The van der Waals surface area contributed by atoms with Gasteiger partial charge in [0.2, 0.25) is 0 Å². The van der Waals surface area contributed by atoms with Crippen molar-refractivity contribution in [3.8, 4) is 0 Å². The van der Waals surface area contributed by atoms with E-state index in [4.69, 9.17) is 37.0 Å². The minimum absolute atomic E-state index is 0.107. The van der Waals surface area contributed by atoms with Crippen molar-refractivity contribution < 1.29 is 80.2 Å². The van der Waals surface area contributed by atoms with Gasteiger partial charge in [0, 0.05) is 25.7 Å². The van der Waals surface area contributed by atoms with E-state index in [1.165, 1.54) is 263 Å². The maximum atomic E-state index is 13.1. The highest BCUT2D eigenvalue weighted by molar-refractivity contribution is 7.47. The average molecular weight is 1470 g/mol. The molecule has 0 fully saturated rings. The number of ether oxygens (including phenoxy) is 4. The summed E-state index contributed by atoms with van der Waals surface area (Å²) in [6, 6.07) is 0. The molecule has 0 rings (SSSR count). The second kappa shape index (κ2) is 75.3. The third kappa shape index (κ3) is 74.3. The summed E-state index contributed by atoms with van der Waals surface area (Å²) in [6.07, 6.45) is 68.7. The van der Waals surface area contributed by atoms with Gasteiger partial charge in [0.25, 0.3) is 0 Å². The zero-order chi connectivity index (χ0) is 73.2. The quantitative estimate of drug-likeness (QED) is 0.0222. The summed E-state index contributed by atoms with van der Waals surface area (Å²) in [5.41, 5.74) is 0. The first-order chi connectivity index (χ1) is 48.7. The molecule has 0 saturated heterocycles. The molecule has 0 amide bonds. The fraction of sp³-hybridized carbons (Fsp3) is 0.951. The van der Waals surface area contributed by atoms with Crippen LogP contribution in [0.25, 0.3) is 0 Å². The van der Waals surface area contributed by atoms with Crippen LogP contribution in [-0.4, -0.2) is 96.7 Å². The van der Waals surface area contributed by atoms with Gasteiger partial charge >= 0.3 is 39.5 Å². The Morgan fingerprint density at radius 1 is 0.240 bits per heavy atom. The van der Waals surface area contributed by atoms with Gasteiger partial charge in [0.1, 0.15) is 19.3 Å². The number of hydrogen-bond acceptors (Lipinski definition) is 15. The Bertz CT molecular complexity index is 1890. The number of carbonyl (C=O) groups excluding carboxylic acids is 4. The van der Waals surface area contributed by atoms with Gasteiger partial charge in [-0.05, 0) is 25.7 Å². The SMILES string of the molecule is CCCCCCCCCCCCCCCCCCCCCCCC(=O)OC[C@H](COP(=O)(O)OC[C@@H](O)COP(=O)(O)OC[C@@H](COC(=O)CCCCCCC)OC(=O)CCCCCCCCCCCCCCC)OC(=O)CCCCCCCCCCCCCCCCCCCCCCC. The summed E-state index contributed by atoms with van der Waals surface area (Å²) in [4.78, 5) is 72.7. The predicted molar refractivity (Wildman–Crippen MR) is 409 cm³/mol. The number of aliphatic hydroxyl groups excluding tert-OH is 1. The van der Waals surface area contributed by atoms with E-state index in [-0.39, 0.29) is 25.7 Å².